The fraction of sp³-hybridized carbons (Fsp3) is 0.412. The fourth-order valence-electron chi connectivity index (χ4n) is 2.29. The van der Waals surface area contributed by atoms with Crippen LogP contribution in [0.1, 0.15) is 26.7 Å². The Kier molecular flexibility index (Phi) is 6.06. The van der Waals surface area contributed by atoms with Crippen LogP contribution in [0.25, 0.3) is 0 Å². The van der Waals surface area contributed by atoms with Gasteiger partial charge in [0.05, 0.1) is 25.0 Å². The van der Waals surface area contributed by atoms with Crippen LogP contribution in [0.15, 0.2) is 23.9 Å². The Hall–Kier alpha value is -2.51. The lowest BCUT2D eigenvalue weighted by Crippen LogP contribution is -2.32. The number of ether oxygens (including phenoxy) is 2. The summed E-state index contributed by atoms with van der Waals surface area (Å²) in [6, 6.07) is 1.45. The smallest absolute Gasteiger partial charge is 0.355 e. The molecule has 0 radical (unpaired) electrons. The standard InChI is InChI=1S/C17H18F3NO4/c1-3-24-14(22)9-13(17(23)25-4-2)21(10-5-6-10)12-8-7-11(18)15(19)16(12)20/h7-10H,3-6H2,1-2H3/b13-9+. The zero-order valence-electron chi connectivity index (χ0n) is 13.9. The molecular weight excluding hydrogens is 339 g/mol. The zero-order valence-corrected chi connectivity index (χ0v) is 13.9. The van der Waals surface area contributed by atoms with E-state index in [9.17, 15) is 22.8 Å². The predicted octanol–water partition coefficient (Wildman–Crippen LogP) is 3.08. The van der Waals surface area contributed by atoms with Crippen LogP contribution in [0.2, 0.25) is 0 Å². The molecule has 0 spiro atoms. The number of carbonyl (C=O) groups is 2. The van der Waals surface area contributed by atoms with Crippen LogP contribution >= 0.6 is 0 Å². The van der Waals surface area contributed by atoms with Crippen LogP contribution < -0.4 is 4.90 Å². The summed E-state index contributed by atoms with van der Waals surface area (Å²) >= 11 is 0. The molecule has 1 aliphatic carbocycles. The van der Waals surface area contributed by atoms with Crippen molar-refractivity contribution in [1.82, 2.24) is 0 Å². The monoisotopic (exact) mass is 357 g/mol. The summed E-state index contributed by atoms with van der Waals surface area (Å²) in [6.07, 6.45) is 2.07. The molecule has 1 aromatic rings. The average molecular weight is 357 g/mol. The van der Waals surface area contributed by atoms with Crippen molar-refractivity contribution >= 4 is 17.6 Å². The molecule has 0 aliphatic heterocycles. The molecule has 5 nitrogen and oxygen atoms in total. The highest BCUT2D eigenvalue weighted by Crippen LogP contribution is 2.37. The second kappa shape index (κ2) is 8.04. The van der Waals surface area contributed by atoms with E-state index < -0.39 is 29.4 Å². The number of hydrogen-bond donors (Lipinski definition) is 0. The zero-order chi connectivity index (χ0) is 18.6. The van der Waals surface area contributed by atoms with Crippen molar-refractivity contribution < 1.29 is 32.2 Å². The SMILES string of the molecule is CCOC(=O)/C=C(\C(=O)OCC)N(c1ccc(F)c(F)c1F)C1CC1. The van der Waals surface area contributed by atoms with Gasteiger partial charge in [-0.15, -0.1) is 0 Å². The Labute approximate surface area is 143 Å². The molecule has 136 valence electrons. The fourth-order valence-corrected chi connectivity index (χ4v) is 2.29. The number of rotatable bonds is 7. The van der Waals surface area contributed by atoms with E-state index in [1.165, 1.54) is 0 Å². The minimum atomic E-state index is -1.65. The van der Waals surface area contributed by atoms with Gasteiger partial charge >= 0.3 is 11.9 Å². The van der Waals surface area contributed by atoms with Gasteiger partial charge in [0.2, 0.25) is 0 Å². The quantitative estimate of drug-likeness (QED) is 0.426. The highest BCUT2D eigenvalue weighted by Gasteiger charge is 2.37. The number of benzene rings is 1. The van der Waals surface area contributed by atoms with Gasteiger partial charge < -0.3 is 14.4 Å². The molecule has 0 atom stereocenters. The summed E-state index contributed by atoms with van der Waals surface area (Å²) in [5, 5.41) is 0. The largest absolute Gasteiger partial charge is 0.463 e. The minimum Gasteiger partial charge on any atom is -0.463 e. The van der Waals surface area contributed by atoms with E-state index in [2.05, 4.69) is 0 Å². The Bertz CT molecular complexity index is 701. The number of nitrogens with zero attached hydrogens (tertiary/aromatic N) is 1. The number of hydrogen-bond acceptors (Lipinski definition) is 5. The van der Waals surface area contributed by atoms with Gasteiger partial charge in [0.15, 0.2) is 17.5 Å². The molecule has 25 heavy (non-hydrogen) atoms. The molecule has 2 rings (SSSR count). The maximum absolute atomic E-state index is 14.2. The van der Waals surface area contributed by atoms with Gasteiger partial charge in [-0.3, -0.25) is 0 Å². The molecule has 1 fully saturated rings. The molecule has 1 aromatic carbocycles. The highest BCUT2D eigenvalue weighted by atomic mass is 19.2. The Morgan fingerprint density at radius 3 is 2.32 bits per heavy atom. The van der Waals surface area contributed by atoms with Crippen molar-refractivity contribution in [2.75, 3.05) is 18.1 Å². The lowest BCUT2D eigenvalue weighted by molar-refractivity contribution is -0.141. The molecular formula is C17H18F3NO4. The molecule has 0 bridgehead atoms. The van der Waals surface area contributed by atoms with Crippen LogP contribution in [0.5, 0.6) is 0 Å². The van der Waals surface area contributed by atoms with Gasteiger partial charge in [-0.2, -0.15) is 0 Å². The van der Waals surface area contributed by atoms with E-state index in [-0.39, 0.29) is 30.6 Å². The Morgan fingerprint density at radius 1 is 1.12 bits per heavy atom. The van der Waals surface area contributed by atoms with Crippen molar-refractivity contribution in [3.8, 4) is 0 Å². The summed E-state index contributed by atoms with van der Waals surface area (Å²) in [6.45, 7) is 3.26. The van der Waals surface area contributed by atoms with Gasteiger partial charge in [-0.1, -0.05) is 0 Å². The summed E-state index contributed by atoms with van der Waals surface area (Å²) in [5.41, 5.74) is -0.627. The first-order chi connectivity index (χ1) is 11.9. The van der Waals surface area contributed by atoms with Crippen LogP contribution in [0, 0.1) is 17.5 Å². The highest BCUT2D eigenvalue weighted by molar-refractivity contribution is 5.99. The third-order valence-electron chi connectivity index (χ3n) is 3.47. The molecule has 0 heterocycles. The van der Waals surface area contributed by atoms with Crippen LogP contribution in [-0.2, 0) is 19.1 Å². The van der Waals surface area contributed by atoms with Gasteiger partial charge in [0, 0.05) is 6.04 Å². The number of anilines is 1. The normalized spacial score (nSPS) is 14.2. The van der Waals surface area contributed by atoms with Crippen molar-refractivity contribution in [1.29, 1.82) is 0 Å². The van der Waals surface area contributed by atoms with Crippen LogP contribution in [0.3, 0.4) is 0 Å². The van der Waals surface area contributed by atoms with E-state index in [4.69, 9.17) is 9.47 Å². The number of esters is 2. The first kappa shape index (κ1) is 18.8. The van der Waals surface area contributed by atoms with Crippen LogP contribution in [0.4, 0.5) is 18.9 Å². The molecule has 1 aliphatic rings. The van der Waals surface area contributed by atoms with E-state index in [1.807, 2.05) is 0 Å². The maximum atomic E-state index is 14.2. The minimum absolute atomic E-state index is 0.0256. The van der Waals surface area contributed by atoms with Gasteiger partial charge in [0.25, 0.3) is 0 Å². The van der Waals surface area contributed by atoms with E-state index in [1.54, 1.807) is 13.8 Å². The van der Waals surface area contributed by atoms with E-state index in [0.29, 0.717) is 12.8 Å². The van der Waals surface area contributed by atoms with Gasteiger partial charge in [-0.05, 0) is 38.8 Å². The maximum Gasteiger partial charge on any atom is 0.355 e. The molecule has 8 heteroatoms. The second-order valence-electron chi connectivity index (χ2n) is 5.30. The molecule has 1 saturated carbocycles. The predicted molar refractivity (Wildman–Crippen MR) is 83.2 cm³/mol. The Morgan fingerprint density at radius 2 is 1.76 bits per heavy atom. The summed E-state index contributed by atoms with van der Waals surface area (Å²) < 4.78 is 50.8. The lowest BCUT2D eigenvalue weighted by atomic mass is 10.2. The molecule has 0 unspecified atom stereocenters. The topological polar surface area (TPSA) is 55.8 Å². The molecule has 0 amide bonds. The van der Waals surface area contributed by atoms with Gasteiger partial charge in [-0.25, -0.2) is 22.8 Å². The van der Waals surface area contributed by atoms with Crippen molar-refractivity contribution in [3.05, 3.63) is 41.4 Å². The van der Waals surface area contributed by atoms with Crippen molar-refractivity contribution in [3.63, 3.8) is 0 Å². The summed E-state index contributed by atoms with van der Waals surface area (Å²) in [5.74, 6) is -6.14. The molecule has 0 N–H and O–H groups in total. The average Bonchev–Trinajstić information content (AvgIpc) is 3.39. The van der Waals surface area contributed by atoms with E-state index >= 15 is 0 Å². The van der Waals surface area contributed by atoms with Crippen LogP contribution in [-0.4, -0.2) is 31.2 Å². The third-order valence-corrected chi connectivity index (χ3v) is 3.47. The van der Waals surface area contributed by atoms with Gasteiger partial charge in [0.1, 0.15) is 5.70 Å². The first-order valence-corrected chi connectivity index (χ1v) is 7.88. The van der Waals surface area contributed by atoms with E-state index in [0.717, 1.165) is 23.1 Å². The number of carbonyl (C=O) groups excluding carboxylic acids is 2. The molecule has 0 saturated heterocycles. The first-order valence-electron chi connectivity index (χ1n) is 7.88. The second-order valence-corrected chi connectivity index (χ2v) is 5.30. The summed E-state index contributed by atoms with van der Waals surface area (Å²) in [7, 11) is 0. The molecule has 0 aromatic heterocycles. The Balaban J connectivity index is 2.52. The third kappa shape index (κ3) is 4.32. The summed E-state index contributed by atoms with van der Waals surface area (Å²) in [4.78, 5) is 25.2. The lowest BCUT2D eigenvalue weighted by Gasteiger charge is -2.26. The van der Waals surface area contributed by atoms with Crippen molar-refractivity contribution in [2.45, 2.75) is 32.7 Å². The van der Waals surface area contributed by atoms with Crippen molar-refractivity contribution in [2.24, 2.45) is 0 Å². The number of halogens is 3.